The van der Waals surface area contributed by atoms with Gasteiger partial charge >= 0.3 is 0 Å². The van der Waals surface area contributed by atoms with E-state index >= 15 is 0 Å². The number of nitrogens with zero attached hydrogens (tertiary/aromatic N) is 2. The molecule has 2 heterocycles. The summed E-state index contributed by atoms with van der Waals surface area (Å²) in [6, 6.07) is 13.5. The quantitative estimate of drug-likeness (QED) is 0.806. The van der Waals surface area contributed by atoms with Crippen LogP contribution in [0, 0.1) is 19.8 Å². The second-order valence-electron chi connectivity index (χ2n) is 8.63. The Morgan fingerprint density at radius 1 is 1.03 bits per heavy atom. The van der Waals surface area contributed by atoms with Gasteiger partial charge in [-0.05, 0) is 49.9 Å². The van der Waals surface area contributed by atoms with Gasteiger partial charge < -0.3 is 15.1 Å². The maximum absolute atomic E-state index is 12.9. The van der Waals surface area contributed by atoms with Crippen LogP contribution in [0.2, 0.25) is 0 Å². The highest BCUT2D eigenvalue weighted by Gasteiger charge is 2.34. The molecular formula is C25H29N3O3. The fourth-order valence-corrected chi connectivity index (χ4v) is 4.34. The van der Waals surface area contributed by atoms with Gasteiger partial charge in [-0.1, -0.05) is 35.9 Å². The highest BCUT2D eigenvalue weighted by atomic mass is 16.2. The zero-order chi connectivity index (χ0) is 22.0. The maximum Gasteiger partial charge on any atom is 0.254 e. The summed E-state index contributed by atoms with van der Waals surface area (Å²) in [5.74, 6) is -0.550. The van der Waals surface area contributed by atoms with Gasteiger partial charge in [-0.15, -0.1) is 0 Å². The standard InChI is InChI=1S/C25H29N3O3/c1-17-8-10-19(11-9-17)15-28-16-20(14-23(28)29)24(30)26-22-7-5-6-21(18(22)2)25(31)27-12-3-4-13-27/h5-11,20H,3-4,12-16H2,1-2H3,(H,26,30). The van der Waals surface area contributed by atoms with Gasteiger partial charge in [-0.2, -0.15) is 0 Å². The predicted molar refractivity (Wildman–Crippen MR) is 120 cm³/mol. The van der Waals surface area contributed by atoms with Crippen molar-refractivity contribution < 1.29 is 14.4 Å². The normalized spacial score (nSPS) is 18.5. The molecule has 1 unspecified atom stereocenters. The van der Waals surface area contributed by atoms with Gasteiger partial charge in [0, 0.05) is 43.9 Å². The van der Waals surface area contributed by atoms with E-state index in [0.29, 0.717) is 24.3 Å². The zero-order valence-corrected chi connectivity index (χ0v) is 18.2. The van der Waals surface area contributed by atoms with Gasteiger partial charge in [0.25, 0.3) is 5.91 Å². The van der Waals surface area contributed by atoms with Crippen LogP contribution in [-0.2, 0) is 16.1 Å². The molecule has 0 bridgehead atoms. The summed E-state index contributed by atoms with van der Waals surface area (Å²) < 4.78 is 0. The van der Waals surface area contributed by atoms with Crippen LogP contribution >= 0.6 is 0 Å². The molecule has 2 fully saturated rings. The third kappa shape index (κ3) is 4.63. The summed E-state index contributed by atoms with van der Waals surface area (Å²) >= 11 is 0. The van der Waals surface area contributed by atoms with Crippen LogP contribution in [0.4, 0.5) is 5.69 Å². The molecule has 6 heteroatoms. The topological polar surface area (TPSA) is 69.7 Å². The van der Waals surface area contributed by atoms with Gasteiger partial charge in [0.2, 0.25) is 11.8 Å². The van der Waals surface area contributed by atoms with Crippen LogP contribution in [0.5, 0.6) is 0 Å². The molecule has 2 saturated heterocycles. The number of nitrogens with one attached hydrogen (secondary N) is 1. The number of benzene rings is 2. The van der Waals surface area contributed by atoms with Crippen molar-refractivity contribution in [1.82, 2.24) is 9.80 Å². The van der Waals surface area contributed by atoms with Crippen LogP contribution in [0.1, 0.15) is 46.3 Å². The van der Waals surface area contributed by atoms with Gasteiger partial charge in [-0.25, -0.2) is 0 Å². The van der Waals surface area contributed by atoms with Gasteiger partial charge in [0.15, 0.2) is 0 Å². The number of likely N-dealkylation sites (tertiary alicyclic amines) is 2. The molecule has 2 aliphatic rings. The number of carbonyl (C=O) groups excluding carboxylic acids is 3. The Morgan fingerprint density at radius 3 is 2.45 bits per heavy atom. The third-order valence-corrected chi connectivity index (χ3v) is 6.29. The van der Waals surface area contributed by atoms with Gasteiger partial charge in [0.1, 0.15) is 0 Å². The molecule has 1 atom stereocenters. The Bertz CT molecular complexity index is 994. The molecule has 2 aromatic carbocycles. The number of amides is 3. The maximum atomic E-state index is 12.9. The number of hydrogen-bond donors (Lipinski definition) is 1. The lowest BCUT2D eigenvalue weighted by Crippen LogP contribution is -2.29. The van der Waals surface area contributed by atoms with Crippen LogP contribution in [0.3, 0.4) is 0 Å². The lowest BCUT2D eigenvalue weighted by Gasteiger charge is -2.19. The molecule has 6 nitrogen and oxygen atoms in total. The van der Waals surface area contributed by atoms with E-state index < -0.39 is 5.92 Å². The SMILES string of the molecule is Cc1ccc(CN2CC(C(=O)Nc3cccc(C(=O)N4CCCC4)c3C)CC2=O)cc1. The molecule has 162 valence electrons. The van der Waals surface area contributed by atoms with Crippen LogP contribution in [0.15, 0.2) is 42.5 Å². The van der Waals surface area contributed by atoms with E-state index in [9.17, 15) is 14.4 Å². The van der Waals surface area contributed by atoms with Crippen molar-refractivity contribution in [3.63, 3.8) is 0 Å². The molecule has 4 rings (SSSR count). The number of carbonyl (C=O) groups is 3. The van der Waals surface area contributed by atoms with E-state index in [1.165, 1.54) is 5.56 Å². The van der Waals surface area contributed by atoms with Crippen LogP contribution < -0.4 is 5.32 Å². The van der Waals surface area contributed by atoms with E-state index in [0.717, 1.165) is 37.1 Å². The first kappa shape index (κ1) is 21.1. The van der Waals surface area contributed by atoms with Crippen LogP contribution in [0.25, 0.3) is 0 Å². The molecule has 31 heavy (non-hydrogen) atoms. The summed E-state index contributed by atoms with van der Waals surface area (Å²) in [7, 11) is 0. The van der Waals surface area contributed by atoms with E-state index in [4.69, 9.17) is 0 Å². The molecule has 1 N–H and O–H groups in total. The van der Waals surface area contributed by atoms with Crippen molar-refractivity contribution in [3.05, 3.63) is 64.7 Å². The van der Waals surface area contributed by atoms with E-state index in [2.05, 4.69) is 5.32 Å². The fourth-order valence-electron chi connectivity index (χ4n) is 4.34. The summed E-state index contributed by atoms with van der Waals surface area (Å²) in [6.45, 7) is 6.39. The van der Waals surface area contributed by atoms with Crippen molar-refractivity contribution in [1.29, 1.82) is 0 Å². The molecule has 0 aliphatic carbocycles. The average molecular weight is 420 g/mol. The van der Waals surface area contributed by atoms with Crippen molar-refractivity contribution in [3.8, 4) is 0 Å². The summed E-state index contributed by atoms with van der Waals surface area (Å²) in [5.41, 5.74) is 4.27. The lowest BCUT2D eigenvalue weighted by atomic mass is 10.0. The first-order chi connectivity index (χ1) is 14.9. The molecule has 2 aromatic rings. The van der Waals surface area contributed by atoms with Crippen LogP contribution in [-0.4, -0.2) is 47.2 Å². The Hall–Kier alpha value is -3.15. The monoisotopic (exact) mass is 419 g/mol. The smallest absolute Gasteiger partial charge is 0.254 e. The Labute approximate surface area is 183 Å². The summed E-state index contributed by atoms with van der Waals surface area (Å²) in [4.78, 5) is 41.8. The van der Waals surface area contributed by atoms with Crippen molar-refractivity contribution in [2.45, 2.75) is 39.7 Å². The summed E-state index contributed by atoms with van der Waals surface area (Å²) in [6.07, 6.45) is 2.29. The number of hydrogen-bond acceptors (Lipinski definition) is 3. The Balaban J connectivity index is 1.41. The minimum absolute atomic E-state index is 0.00425. The number of anilines is 1. The fraction of sp³-hybridized carbons (Fsp3) is 0.400. The van der Waals surface area contributed by atoms with Gasteiger partial charge in [-0.3, -0.25) is 14.4 Å². The van der Waals surface area contributed by atoms with Crippen molar-refractivity contribution >= 4 is 23.4 Å². The minimum Gasteiger partial charge on any atom is -0.339 e. The van der Waals surface area contributed by atoms with E-state index in [1.807, 2.05) is 55.1 Å². The molecule has 0 radical (unpaired) electrons. The minimum atomic E-state index is -0.393. The Morgan fingerprint density at radius 2 is 1.74 bits per heavy atom. The van der Waals surface area contributed by atoms with Crippen molar-refractivity contribution in [2.24, 2.45) is 5.92 Å². The molecule has 0 aromatic heterocycles. The highest BCUT2D eigenvalue weighted by molar-refractivity contribution is 6.01. The molecule has 0 saturated carbocycles. The predicted octanol–water partition coefficient (Wildman–Crippen LogP) is 3.53. The lowest BCUT2D eigenvalue weighted by molar-refractivity contribution is -0.128. The first-order valence-electron chi connectivity index (χ1n) is 11.0. The second-order valence-corrected chi connectivity index (χ2v) is 8.63. The second kappa shape index (κ2) is 8.92. The number of aryl methyl sites for hydroxylation is 1. The zero-order valence-electron chi connectivity index (χ0n) is 18.2. The molecule has 2 aliphatic heterocycles. The third-order valence-electron chi connectivity index (χ3n) is 6.29. The van der Waals surface area contributed by atoms with E-state index in [1.54, 1.807) is 11.0 Å². The van der Waals surface area contributed by atoms with E-state index in [-0.39, 0.29) is 24.1 Å². The van der Waals surface area contributed by atoms with Crippen molar-refractivity contribution in [2.75, 3.05) is 25.0 Å². The first-order valence-corrected chi connectivity index (χ1v) is 11.0. The highest BCUT2D eigenvalue weighted by Crippen LogP contribution is 2.25. The average Bonchev–Trinajstić information content (AvgIpc) is 3.41. The van der Waals surface area contributed by atoms with Gasteiger partial charge in [0.05, 0.1) is 5.92 Å². The Kier molecular flexibility index (Phi) is 6.07. The largest absolute Gasteiger partial charge is 0.339 e. The molecule has 3 amide bonds. The summed E-state index contributed by atoms with van der Waals surface area (Å²) in [5, 5.41) is 2.96. The molecule has 0 spiro atoms. The number of rotatable bonds is 5. The molecular weight excluding hydrogens is 390 g/mol.